The number of aryl methyl sites for hydroxylation is 1. The van der Waals surface area contributed by atoms with Crippen LogP contribution in [0.4, 0.5) is 8.78 Å². The van der Waals surface area contributed by atoms with Gasteiger partial charge in [0.05, 0.1) is 6.20 Å². The van der Waals surface area contributed by atoms with Gasteiger partial charge in [0.1, 0.15) is 0 Å². The third-order valence-electron chi connectivity index (χ3n) is 2.48. The summed E-state index contributed by atoms with van der Waals surface area (Å²) < 4.78 is 28.9. The molecule has 0 spiro atoms. The number of alkyl halides is 2. The fourth-order valence-corrected chi connectivity index (χ4v) is 1.69. The standard InChI is InChI=1S/C10H13F2N3.ClH/c1-15-7-8(6-14-15)9-2-4-13-5-3-10(9,11)12;/h2,6-7,13H,3-5H2,1H3;1H. The zero-order valence-corrected chi connectivity index (χ0v) is 9.73. The van der Waals surface area contributed by atoms with Crippen LogP contribution in [-0.4, -0.2) is 28.8 Å². The van der Waals surface area contributed by atoms with E-state index in [2.05, 4.69) is 10.4 Å². The Morgan fingerprint density at radius 1 is 1.50 bits per heavy atom. The molecular formula is C10H14ClF2N3. The first-order valence-electron chi connectivity index (χ1n) is 4.88. The summed E-state index contributed by atoms with van der Waals surface area (Å²) in [7, 11) is 1.72. The highest BCUT2D eigenvalue weighted by molar-refractivity contribution is 5.85. The minimum atomic E-state index is -2.76. The molecule has 0 unspecified atom stereocenters. The van der Waals surface area contributed by atoms with E-state index in [0.29, 0.717) is 18.7 Å². The van der Waals surface area contributed by atoms with Gasteiger partial charge in [-0.1, -0.05) is 6.08 Å². The van der Waals surface area contributed by atoms with Crippen molar-refractivity contribution in [3.05, 3.63) is 24.0 Å². The number of allylic oxidation sites excluding steroid dienone is 1. The van der Waals surface area contributed by atoms with Gasteiger partial charge in [0.25, 0.3) is 5.92 Å². The highest BCUT2D eigenvalue weighted by atomic mass is 35.5. The zero-order valence-electron chi connectivity index (χ0n) is 8.91. The Morgan fingerprint density at radius 2 is 2.25 bits per heavy atom. The van der Waals surface area contributed by atoms with Gasteiger partial charge in [-0.25, -0.2) is 8.78 Å². The van der Waals surface area contributed by atoms with Crippen molar-refractivity contribution in [2.24, 2.45) is 7.05 Å². The first-order valence-corrected chi connectivity index (χ1v) is 4.88. The number of halogens is 3. The van der Waals surface area contributed by atoms with Crippen LogP contribution in [0.2, 0.25) is 0 Å². The summed E-state index contributed by atoms with van der Waals surface area (Å²) >= 11 is 0. The molecule has 0 aliphatic carbocycles. The number of nitrogens with one attached hydrogen (secondary N) is 1. The monoisotopic (exact) mass is 249 g/mol. The van der Waals surface area contributed by atoms with Crippen molar-refractivity contribution in [2.75, 3.05) is 13.1 Å². The summed E-state index contributed by atoms with van der Waals surface area (Å²) in [5.41, 5.74) is 0.590. The Balaban J connectivity index is 0.00000128. The average molecular weight is 250 g/mol. The Kier molecular flexibility index (Phi) is 4.04. The average Bonchev–Trinajstić information content (AvgIpc) is 2.49. The summed E-state index contributed by atoms with van der Waals surface area (Å²) in [6.45, 7) is 0.826. The van der Waals surface area contributed by atoms with Crippen LogP contribution in [0.5, 0.6) is 0 Å². The Hall–Kier alpha value is -0.940. The Morgan fingerprint density at radius 3 is 2.88 bits per heavy atom. The Labute approximate surface area is 98.9 Å². The molecule has 2 heterocycles. The minimum Gasteiger partial charge on any atom is -0.313 e. The zero-order chi connectivity index (χ0) is 10.9. The fraction of sp³-hybridized carbons (Fsp3) is 0.500. The normalized spacial score (nSPS) is 19.6. The summed E-state index contributed by atoms with van der Waals surface area (Å²) in [6, 6.07) is 0. The maximum Gasteiger partial charge on any atom is 0.274 e. The van der Waals surface area contributed by atoms with Gasteiger partial charge in [0, 0.05) is 43.9 Å². The molecule has 0 radical (unpaired) electrons. The summed E-state index contributed by atoms with van der Waals surface area (Å²) in [4.78, 5) is 0. The van der Waals surface area contributed by atoms with Gasteiger partial charge in [-0.2, -0.15) is 5.10 Å². The van der Waals surface area contributed by atoms with Crippen LogP contribution in [-0.2, 0) is 7.05 Å². The van der Waals surface area contributed by atoms with Gasteiger partial charge in [-0.3, -0.25) is 4.68 Å². The van der Waals surface area contributed by atoms with E-state index in [0.717, 1.165) is 0 Å². The molecule has 90 valence electrons. The molecule has 6 heteroatoms. The summed E-state index contributed by atoms with van der Waals surface area (Å²) in [5, 5.41) is 6.84. The lowest BCUT2D eigenvalue weighted by atomic mass is 10.0. The van der Waals surface area contributed by atoms with Gasteiger partial charge in [0.15, 0.2) is 0 Å². The number of hydrogen-bond acceptors (Lipinski definition) is 2. The first-order chi connectivity index (χ1) is 7.09. The van der Waals surface area contributed by atoms with Gasteiger partial charge >= 0.3 is 0 Å². The molecule has 0 saturated carbocycles. The number of hydrogen-bond donors (Lipinski definition) is 1. The molecule has 0 aromatic carbocycles. The molecular weight excluding hydrogens is 236 g/mol. The van der Waals surface area contributed by atoms with Crippen LogP contribution < -0.4 is 5.32 Å². The van der Waals surface area contributed by atoms with Crippen LogP contribution in [0.1, 0.15) is 12.0 Å². The number of nitrogens with zero attached hydrogens (tertiary/aromatic N) is 2. The first kappa shape index (κ1) is 13.1. The van der Waals surface area contributed by atoms with Crippen LogP contribution in [0.25, 0.3) is 5.57 Å². The molecule has 3 nitrogen and oxygen atoms in total. The smallest absolute Gasteiger partial charge is 0.274 e. The van der Waals surface area contributed by atoms with Crippen molar-refractivity contribution < 1.29 is 8.78 Å². The second-order valence-corrected chi connectivity index (χ2v) is 3.68. The van der Waals surface area contributed by atoms with E-state index < -0.39 is 5.92 Å². The van der Waals surface area contributed by atoms with Crippen LogP contribution in [0, 0.1) is 0 Å². The molecule has 0 fully saturated rings. The highest BCUT2D eigenvalue weighted by Gasteiger charge is 2.35. The molecule has 0 saturated heterocycles. The van der Waals surface area contributed by atoms with Crippen LogP contribution in [0.3, 0.4) is 0 Å². The SMILES string of the molecule is Cl.Cn1cc(C2=CCNCCC2(F)F)cn1. The lowest BCUT2D eigenvalue weighted by Gasteiger charge is -2.16. The predicted octanol–water partition coefficient (Wildman–Crippen LogP) is 1.85. The molecule has 1 aromatic rings. The van der Waals surface area contributed by atoms with E-state index in [9.17, 15) is 8.78 Å². The van der Waals surface area contributed by atoms with Crippen LogP contribution >= 0.6 is 12.4 Å². The number of aromatic nitrogens is 2. The maximum absolute atomic E-state index is 13.7. The third kappa shape index (κ3) is 2.59. The van der Waals surface area contributed by atoms with Gasteiger partial charge in [-0.05, 0) is 0 Å². The predicted molar refractivity (Wildman–Crippen MR) is 60.9 cm³/mol. The lowest BCUT2D eigenvalue weighted by molar-refractivity contribution is 0.0595. The topological polar surface area (TPSA) is 29.9 Å². The molecule has 0 atom stereocenters. The lowest BCUT2D eigenvalue weighted by Crippen LogP contribution is -2.21. The fourth-order valence-electron chi connectivity index (χ4n) is 1.69. The largest absolute Gasteiger partial charge is 0.313 e. The molecule has 2 rings (SSSR count). The molecule has 1 aliphatic heterocycles. The molecule has 1 aromatic heterocycles. The van der Waals surface area contributed by atoms with Gasteiger partial charge in [-0.15, -0.1) is 12.4 Å². The van der Waals surface area contributed by atoms with E-state index >= 15 is 0 Å². The van der Waals surface area contributed by atoms with Crippen molar-refractivity contribution in [1.29, 1.82) is 0 Å². The number of rotatable bonds is 1. The van der Waals surface area contributed by atoms with E-state index in [4.69, 9.17) is 0 Å². The van der Waals surface area contributed by atoms with Gasteiger partial charge < -0.3 is 5.32 Å². The van der Waals surface area contributed by atoms with Gasteiger partial charge in [0.2, 0.25) is 0 Å². The van der Waals surface area contributed by atoms with E-state index in [1.165, 1.54) is 10.9 Å². The third-order valence-corrected chi connectivity index (χ3v) is 2.48. The highest BCUT2D eigenvalue weighted by Crippen LogP contribution is 2.35. The molecule has 16 heavy (non-hydrogen) atoms. The van der Waals surface area contributed by atoms with Crippen molar-refractivity contribution in [1.82, 2.24) is 15.1 Å². The second-order valence-electron chi connectivity index (χ2n) is 3.68. The Bertz CT molecular complexity index is 387. The van der Waals surface area contributed by atoms with Crippen molar-refractivity contribution in [3.8, 4) is 0 Å². The molecule has 0 amide bonds. The molecule has 1 N–H and O–H groups in total. The van der Waals surface area contributed by atoms with Crippen molar-refractivity contribution in [2.45, 2.75) is 12.3 Å². The van der Waals surface area contributed by atoms with Crippen LogP contribution in [0.15, 0.2) is 18.5 Å². The maximum atomic E-state index is 13.7. The van der Waals surface area contributed by atoms with Crippen molar-refractivity contribution >= 4 is 18.0 Å². The molecule has 0 bridgehead atoms. The van der Waals surface area contributed by atoms with E-state index in [1.807, 2.05) is 0 Å². The summed E-state index contributed by atoms with van der Waals surface area (Å²) in [5.74, 6) is -2.76. The molecule has 1 aliphatic rings. The van der Waals surface area contributed by atoms with Crippen molar-refractivity contribution in [3.63, 3.8) is 0 Å². The quantitative estimate of drug-likeness (QED) is 0.823. The summed E-state index contributed by atoms with van der Waals surface area (Å²) in [6.07, 6.45) is 4.48. The minimum absolute atomic E-state index is 0. The van der Waals surface area contributed by atoms with E-state index in [1.54, 1.807) is 19.3 Å². The second kappa shape index (κ2) is 4.93. The van der Waals surface area contributed by atoms with E-state index in [-0.39, 0.29) is 24.4 Å².